The normalized spacial score (nSPS) is 10.3. The Hall–Kier alpha value is -3.34. The molecule has 138 valence electrons. The molecule has 0 radical (unpaired) electrons. The molecule has 0 aliphatic rings. The third kappa shape index (κ3) is 5.07. The van der Waals surface area contributed by atoms with Crippen molar-refractivity contribution in [3.63, 3.8) is 0 Å². The predicted molar refractivity (Wildman–Crippen MR) is 109 cm³/mol. The molecule has 5 nitrogen and oxygen atoms in total. The predicted octanol–water partition coefficient (Wildman–Crippen LogP) is 4.71. The van der Waals surface area contributed by atoms with E-state index < -0.39 is 0 Å². The zero-order valence-corrected chi connectivity index (χ0v) is 15.5. The minimum Gasteiger partial charge on any atom is -0.484 e. The molecule has 0 unspecified atom stereocenters. The third-order valence-electron chi connectivity index (χ3n) is 4.15. The first-order valence-electron chi connectivity index (χ1n) is 8.95. The van der Waals surface area contributed by atoms with Crippen molar-refractivity contribution in [2.24, 2.45) is 0 Å². The summed E-state index contributed by atoms with van der Waals surface area (Å²) in [6.45, 7) is 4.15. The molecule has 1 amide bonds. The highest BCUT2D eigenvalue weighted by Crippen LogP contribution is 2.25. The van der Waals surface area contributed by atoms with E-state index in [1.165, 1.54) is 11.1 Å². The van der Waals surface area contributed by atoms with E-state index in [2.05, 4.69) is 47.7 Å². The van der Waals surface area contributed by atoms with Crippen LogP contribution in [-0.2, 0) is 11.2 Å². The lowest BCUT2D eigenvalue weighted by molar-refractivity contribution is -0.118. The summed E-state index contributed by atoms with van der Waals surface area (Å²) in [7, 11) is 0. The van der Waals surface area contributed by atoms with Crippen molar-refractivity contribution >= 4 is 23.1 Å². The summed E-state index contributed by atoms with van der Waals surface area (Å²) in [4.78, 5) is 16.4. The number of benzene rings is 2. The van der Waals surface area contributed by atoms with Gasteiger partial charge < -0.3 is 15.4 Å². The lowest BCUT2D eigenvalue weighted by Gasteiger charge is -2.14. The second-order valence-corrected chi connectivity index (χ2v) is 6.17. The molecule has 3 rings (SSSR count). The van der Waals surface area contributed by atoms with Gasteiger partial charge in [-0.05, 0) is 48.7 Å². The summed E-state index contributed by atoms with van der Waals surface area (Å²) >= 11 is 0. The first-order chi connectivity index (χ1) is 13.2. The quantitative estimate of drug-likeness (QED) is 0.639. The Balaban J connectivity index is 1.58. The average molecular weight is 361 g/mol. The number of rotatable bonds is 7. The lowest BCUT2D eigenvalue weighted by Crippen LogP contribution is -2.20. The van der Waals surface area contributed by atoms with Crippen LogP contribution in [0.15, 0.2) is 66.9 Å². The fourth-order valence-electron chi connectivity index (χ4n) is 2.73. The highest BCUT2D eigenvalue weighted by Gasteiger charge is 2.07. The number of carbonyl (C=O) groups excluding carboxylic acids is 1. The minimum atomic E-state index is -0.228. The molecule has 1 aromatic heterocycles. The van der Waals surface area contributed by atoms with E-state index >= 15 is 0 Å². The van der Waals surface area contributed by atoms with Gasteiger partial charge in [-0.25, -0.2) is 4.98 Å². The Bertz CT molecular complexity index is 893. The van der Waals surface area contributed by atoms with E-state index in [9.17, 15) is 4.79 Å². The number of hydrogen-bond acceptors (Lipinski definition) is 4. The average Bonchev–Trinajstić information content (AvgIpc) is 2.70. The molecule has 3 aromatic rings. The minimum absolute atomic E-state index is 0.0485. The molecule has 27 heavy (non-hydrogen) atoms. The van der Waals surface area contributed by atoms with Crippen LogP contribution in [0, 0.1) is 6.92 Å². The Morgan fingerprint density at radius 1 is 1.04 bits per heavy atom. The van der Waals surface area contributed by atoms with Gasteiger partial charge in [-0.1, -0.05) is 43.3 Å². The third-order valence-corrected chi connectivity index (χ3v) is 4.15. The maximum absolute atomic E-state index is 12.0. The first-order valence-corrected chi connectivity index (χ1v) is 8.95. The molecule has 0 spiro atoms. The van der Waals surface area contributed by atoms with Crippen molar-refractivity contribution in [2.75, 3.05) is 17.2 Å². The van der Waals surface area contributed by atoms with Crippen LogP contribution in [0.5, 0.6) is 5.75 Å². The summed E-state index contributed by atoms with van der Waals surface area (Å²) in [6.07, 6.45) is 2.58. The zero-order valence-electron chi connectivity index (χ0n) is 15.5. The number of aryl methyl sites for hydroxylation is 2. The van der Waals surface area contributed by atoms with Crippen molar-refractivity contribution in [3.05, 3.63) is 78.0 Å². The fourth-order valence-corrected chi connectivity index (χ4v) is 2.73. The Morgan fingerprint density at radius 2 is 1.85 bits per heavy atom. The van der Waals surface area contributed by atoms with Crippen LogP contribution in [0.3, 0.4) is 0 Å². The van der Waals surface area contributed by atoms with E-state index in [0.29, 0.717) is 11.4 Å². The van der Waals surface area contributed by atoms with E-state index in [1.54, 1.807) is 6.20 Å². The number of amides is 1. The van der Waals surface area contributed by atoms with Crippen LogP contribution >= 0.6 is 0 Å². The van der Waals surface area contributed by atoms with Crippen molar-refractivity contribution < 1.29 is 9.53 Å². The standard InChI is InChI=1S/C22H23N3O2/c1-3-17-9-7-8-16(2)22(17)25-20-13-12-18(14-23-20)24-21(26)15-27-19-10-5-4-6-11-19/h4-14H,3,15H2,1-2H3,(H,23,25)(H,24,26). The number of nitrogens with one attached hydrogen (secondary N) is 2. The highest BCUT2D eigenvalue weighted by molar-refractivity contribution is 5.91. The Labute approximate surface area is 159 Å². The van der Waals surface area contributed by atoms with Gasteiger partial charge in [0.15, 0.2) is 6.61 Å². The van der Waals surface area contributed by atoms with Crippen LogP contribution < -0.4 is 15.4 Å². The van der Waals surface area contributed by atoms with Gasteiger partial charge in [0.1, 0.15) is 11.6 Å². The molecule has 0 aliphatic carbocycles. The van der Waals surface area contributed by atoms with E-state index in [4.69, 9.17) is 4.74 Å². The van der Waals surface area contributed by atoms with Gasteiger partial charge in [0.2, 0.25) is 0 Å². The maximum Gasteiger partial charge on any atom is 0.262 e. The van der Waals surface area contributed by atoms with Crippen molar-refractivity contribution in [1.29, 1.82) is 0 Å². The molecular weight excluding hydrogens is 338 g/mol. The van der Waals surface area contributed by atoms with Gasteiger partial charge in [0, 0.05) is 5.69 Å². The van der Waals surface area contributed by atoms with E-state index in [1.807, 2.05) is 42.5 Å². The molecular formula is C22H23N3O2. The summed E-state index contributed by atoms with van der Waals surface area (Å²) < 4.78 is 5.44. The van der Waals surface area contributed by atoms with Gasteiger partial charge in [-0.2, -0.15) is 0 Å². The fraction of sp³-hybridized carbons (Fsp3) is 0.182. The van der Waals surface area contributed by atoms with Crippen LogP contribution in [0.4, 0.5) is 17.2 Å². The van der Waals surface area contributed by atoms with Crippen molar-refractivity contribution in [1.82, 2.24) is 4.98 Å². The summed E-state index contributed by atoms with van der Waals surface area (Å²) in [5.41, 5.74) is 4.13. The van der Waals surface area contributed by atoms with Crippen LogP contribution in [-0.4, -0.2) is 17.5 Å². The van der Waals surface area contributed by atoms with E-state index in [0.717, 1.165) is 17.9 Å². The summed E-state index contributed by atoms with van der Waals surface area (Å²) in [5, 5.41) is 6.15. The number of para-hydroxylation sites is 2. The first kappa shape index (κ1) is 18.5. The number of ether oxygens (including phenoxy) is 1. The number of hydrogen-bond donors (Lipinski definition) is 2. The second-order valence-electron chi connectivity index (χ2n) is 6.17. The number of carbonyl (C=O) groups is 1. The molecule has 2 N–H and O–H groups in total. The van der Waals surface area contributed by atoms with Crippen LogP contribution in [0.25, 0.3) is 0 Å². The number of pyridine rings is 1. The molecule has 0 fully saturated rings. The highest BCUT2D eigenvalue weighted by atomic mass is 16.5. The van der Waals surface area contributed by atoms with Gasteiger partial charge in [0.25, 0.3) is 5.91 Å². The number of nitrogens with zero attached hydrogens (tertiary/aromatic N) is 1. The molecule has 0 saturated heterocycles. The smallest absolute Gasteiger partial charge is 0.262 e. The SMILES string of the molecule is CCc1cccc(C)c1Nc1ccc(NC(=O)COc2ccccc2)cn1. The molecule has 2 aromatic carbocycles. The second kappa shape index (κ2) is 8.85. The Kier molecular flexibility index (Phi) is 6.05. The van der Waals surface area contributed by atoms with Gasteiger partial charge in [-0.3, -0.25) is 4.79 Å². The molecule has 0 bridgehead atoms. The van der Waals surface area contributed by atoms with Crippen LogP contribution in [0.1, 0.15) is 18.1 Å². The molecule has 0 saturated carbocycles. The van der Waals surface area contributed by atoms with Crippen molar-refractivity contribution in [3.8, 4) is 5.75 Å². The molecule has 0 aliphatic heterocycles. The lowest BCUT2D eigenvalue weighted by atomic mass is 10.1. The van der Waals surface area contributed by atoms with Gasteiger partial charge in [-0.15, -0.1) is 0 Å². The summed E-state index contributed by atoms with van der Waals surface area (Å²) in [6, 6.07) is 19.1. The monoisotopic (exact) mass is 361 g/mol. The Morgan fingerprint density at radius 3 is 2.56 bits per heavy atom. The topological polar surface area (TPSA) is 63.2 Å². The van der Waals surface area contributed by atoms with Crippen molar-refractivity contribution in [2.45, 2.75) is 20.3 Å². The maximum atomic E-state index is 12.0. The summed E-state index contributed by atoms with van der Waals surface area (Å²) in [5.74, 6) is 1.17. The largest absolute Gasteiger partial charge is 0.484 e. The molecule has 1 heterocycles. The zero-order chi connectivity index (χ0) is 19.1. The van der Waals surface area contributed by atoms with E-state index in [-0.39, 0.29) is 12.5 Å². The number of anilines is 3. The molecule has 0 atom stereocenters. The number of aromatic nitrogens is 1. The van der Waals surface area contributed by atoms with Gasteiger partial charge in [0.05, 0.1) is 11.9 Å². The van der Waals surface area contributed by atoms with Crippen LogP contribution in [0.2, 0.25) is 0 Å². The van der Waals surface area contributed by atoms with Gasteiger partial charge >= 0.3 is 0 Å². The molecule has 5 heteroatoms.